The molecule has 0 atom stereocenters. The largest absolute Gasteiger partial charge is 0.335 e. The average molecular weight is 311 g/mol. The number of aromatic nitrogens is 3. The van der Waals surface area contributed by atoms with E-state index in [1.165, 1.54) is 0 Å². The first-order valence-electron chi connectivity index (χ1n) is 7.19. The van der Waals surface area contributed by atoms with Crippen molar-refractivity contribution in [1.29, 1.82) is 0 Å². The molecule has 6 nitrogen and oxygen atoms in total. The quantitative estimate of drug-likeness (QED) is 0.728. The maximum Gasteiger partial charge on any atom is 0.335 e. The van der Waals surface area contributed by atoms with Crippen molar-refractivity contribution in [3.8, 4) is 0 Å². The van der Waals surface area contributed by atoms with Gasteiger partial charge in [-0.2, -0.15) is 5.10 Å². The third-order valence-corrected chi connectivity index (χ3v) is 5.06. The number of hydrogen-bond acceptors (Lipinski definition) is 5. The van der Waals surface area contributed by atoms with Crippen molar-refractivity contribution in [3.63, 3.8) is 0 Å². The van der Waals surface area contributed by atoms with Crippen LogP contribution in [0, 0.1) is 0 Å². The summed E-state index contributed by atoms with van der Waals surface area (Å²) in [6, 6.07) is 2.19. The smallest absolute Gasteiger partial charge is 0.309 e. The van der Waals surface area contributed by atoms with Gasteiger partial charge in [-0.05, 0) is 39.3 Å². The molecule has 7 heteroatoms. The Kier molecular flexibility index (Phi) is 5.14. The minimum absolute atomic E-state index is 0.227. The van der Waals surface area contributed by atoms with Crippen molar-refractivity contribution in [2.75, 3.05) is 13.2 Å². The lowest BCUT2D eigenvalue weighted by Crippen LogP contribution is -2.03. The van der Waals surface area contributed by atoms with Crippen LogP contribution in [0.3, 0.4) is 0 Å². The van der Waals surface area contributed by atoms with Crippen molar-refractivity contribution in [2.24, 2.45) is 0 Å². The normalized spacial score (nSPS) is 12.4. The first kappa shape index (κ1) is 16.1. The number of pyridine rings is 1. The number of hydrogen-bond donors (Lipinski definition) is 0. The summed E-state index contributed by atoms with van der Waals surface area (Å²) in [5.74, 6) is 0. The van der Waals surface area contributed by atoms with Crippen LogP contribution in [0.1, 0.15) is 39.3 Å². The van der Waals surface area contributed by atoms with E-state index in [0.717, 1.165) is 16.6 Å². The van der Waals surface area contributed by atoms with Gasteiger partial charge in [0.05, 0.1) is 25.6 Å². The van der Waals surface area contributed by atoms with Crippen molar-refractivity contribution in [1.82, 2.24) is 14.8 Å². The Labute approximate surface area is 125 Å². The van der Waals surface area contributed by atoms with Gasteiger partial charge in [0.2, 0.25) is 0 Å². The molecule has 0 aliphatic rings. The maximum atomic E-state index is 12.5. The standard InChI is InChI=1S/C14H22N3O3P/c1-5-19-21(18,20-6-2)10-12-7-13-9-16-17(11(3)4)14(13)15-8-12/h7-9,11H,5-6,10H2,1-4H3. The molecule has 21 heavy (non-hydrogen) atoms. The lowest BCUT2D eigenvalue weighted by Gasteiger charge is -2.16. The fraction of sp³-hybridized carbons (Fsp3) is 0.571. The fourth-order valence-electron chi connectivity index (χ4n) is 2.20. The lowest BCUT2D eigenvalue weighted by molar-refractivity contribution is 0.219. The molecular formula is C14H22N3O3P. The molecule has 2 aromatic heterocycles. The maximum absolute atomic E-state index is 12.5. The highest BCUT2D eigenvalue weighted by Crippen LogP contribution is 2.51. The van der Waals surface area contributed by atoms with E-state index in [1.54, 1.807) is 26.2 Å². The molecule has 0 saturated heterocycles. The summed E-state index contributed by atoms with van der Waals surface area (Å²) in [5, 5.41) is 5.26. The van der Waals surface area contributed by atoms with E-state index in [9.17, 15) is 4.57 Å². The molecule has 0 unspecified atom stereocenters. The SMILES string of the molecule is CCOP(=O)(Cc1cnc2c(cnn2C(C)C)c1)OCC. The highest BCUT2D eigenvalue weighted by Gasteiger charge is 2.24. The van der Waals surface area contributed by atoms with Gasteiger partial charge in [-0.25, -0.2) is 9.67 Å². The van der Waals surface area contributed by atoms with Gasteiger partial charge < -0.3 is 9.05 Å². The molecule has 0 aromatic carbocycles. The van der Waals surface area contributed by atoms with Crippen LogP contribution in [0.25, 0.3) is 11.0 Å². The van der Waals surface area contributed by atoms with Crippen LogP contribution in [0.15, 0.2) is 18.5 Å². The molecule has 0 amide bonds. The molecule has 2 aromatic rings. The van der Waals surface area contributed by atoms with Crippen molar-refractivity contribution < 1.29 is 13.6 Å². The molecule has 0 radical (unpaired) electrons. The van der Waals surface area contributed by atoms with Crippen molar-refractivity contribution in [2.45, 2.75) is 39.9 Å². The second kappa shape index (κ2) is 6.69. The Balaban J connectivity index is 2.28. The van der Waals surface area contributed by atoms with Gasteiger partial charge >= 0.3 is 7.60 Å². The number of rotatable bonds is 7. The van der Waals surface area contributed by atoms with Crippen LogP contribution in [-0.4, -0.2) is 28.0 Å². The Morgan fingerprint density at radius 2 is 1.90 bits per heavy atom. The molecule has 2 heterocycles. The minimum Gasteiger partial charge on any atom is -0.309 e. The van der Waals surface area contributed by atoms with E-state index >= 15 is 0 Å². The van der Waals surface area contributed by atoms with E-state index in [0.29, 0.717) is 13.2 Å². The highest BCUT2D eigenvalue weighted by atomic mass is 31.2. The first-order valence-corrected chi connectivity index (χ1v) is 8.92. The summed E-state index contributed by atoms with van der Waals surface area (Å²) in [7, 11) is -3.10. The minimum atomic E-state index is -3.10. The predicted octanol–water partition coefficient (Wildman–Crippen LogP) is 3.78. The summed E-state index contributed by atoms with van der Waals surface area (Å²) in [4.78, 5) is 4.44. The zero-order valence-electron chi connectivity index (χ0n) is 12.9. The van der Waals surface area contributed by atoms with Gasteiger partial charge in [0.1, 0.15) is 0 Å². The van der Waals surface area contributed by atoms with Crippen molar-refractivity contribution in [3.05, 3.63) is 24.0 Å². The van der Waals surface area contributed by atoms with Gasteiger partial charge in [0, 0.05) is 17.6 Å². The Bertz CT molecular complexity index is 644. The molecule has 0 N–H and O–H groups in total. The Morgan fingerprint density at radius 1 is 1.24 bits per heavy atom. The van der Waals surface area contributed by atoms with Gasteiger partial charge in [-0.15, -0.1) is 0 Å². The summed E-state index contributed by atoms with van der Waals surface area (Å²) >= 11 is 0. The highest BCUT2D eigenvalue weighted by molar-refractivity contribution is 7.53. The van der Waals surface area contributed by atoms with E-state index in [-0.39, 0.29) is 12.2 Å². The summed E-state index contributed by atoms with van der Waals surface area (Å²) in [6.07, 6.45) is 3.72. The molecule has 0 saturated carbocycles. The molecule has 2 rings (SSSR count). The second-order valence-electron chi connectivity index (χ2n) is 5.04. The van der Waals surface area contributed by atoms with Crippen LogP contribution in [0.2, 0.25) is 0 Å². The first-order chi connectivity index (χ1) is 9.99. The van der Waals surface area contributed by atoms with Crippen LogP contribution in [0.4, 0.5) is 0 Å². The molecule has 0 aliphatic carbocycles. The van der Waals surface area contributed by atoms with E-state index in [4.69, 9.17) is 9.05 Å². The van der Waals surface area contributed by atoms with Crippen molar-refractivity contribution >= 4 is 18.6 Å². The second-order valence-corrected chi connectivity index (χ2v) is 7.10. The summed E-state index contributed by atoms with van der Waals surface area (Å²) in [6.45, 7) is 8.44. The third kappa shape index (κ3) is 3.70. The fourth-order valence-corrected chi connectivity index (χ4v) is 3.86. The van der Waals surface area contributed by atoms with E-state index in [2.05, 4.69) is 23.9 Å². The molecule has 0 aliphatic heterocycles. The van der Waals surface area contributed by atoms with Crippen LogP contribution in [0.5, 0.6) is 0 Å². The Morgan fingerprint density at radius 3 is 2.48 bits per heavy atom. The average Bonchev–Trinajstić information content (AvgIpc) is 2.82. The lowest BCUT2D eigenvalue weighted by atomic mass is 10.2. The van der Waals surface area contributed by atoms with Gasteiger partial charge in [-0.3, -0.25) is 4.57 Å². The van der Waals surface area contributed by atoms with Gasteiger partial charge in [0.25, 0.3) is 0 Å². The van der Waals surface area contributed by atoms with Crippen LogP contribution >= 0.6 is 7.60 Å². The molecule has 116 valence electrons. The zero-order valence-corrected chi connectivity index (χ0v) is 13.8. The van der Waals surface area contributed by atoms with Gasteiger partial charge in [-0.1, -0.05) is 0 Å². The number of nitrogens with zero attached hydrogens (tertiary/aromatic N) is 3. The zero-order chi connectivity index (χ0) is 15.5. The van der Waals surface area contributed by atoms with Crippen LogP contribution < -0.4 is 0 Å². The molecule has 0 bridgehead atoms. The summed E-state index contributed by atoms with van der Waals surface area (Å²) in [5.41, 5.74) is 1.66. The van der Waals surface area contributed by atoms with E-state index in [1.807, 2.05) is 10.7 Å². The number of fused-ring (bicyclic) bond motifs is 1. The monoisotopic (exact) mass is 311 g/mol. The van der Waals surface area contributed by atoms with E-state index < -0.39 is 7.60 Å². The topological polar surface area (TPSA) is 66.2 Å². The van der Waals surface area contributed by atoms with Crippen LogP contribution in [-0.2, 0) is 19.8 Å². The molecular weight excluding hydrogens is 289 g/mol. The molecule has 0 spiro atoms. The van der Waals surface area contributed by atoms with Gasteiger partial charge in [0.15, 0.2) is 5.65 Å². The predicted molar refractivity (Wildman–Crippen MR) is 82.5 cm³/mol. The summed E-state index contributed by atoms with van der Waals surface area (Å²) < 4.78 is 25.0. The third-order valence-electron chi connectivity index (χ3n) is 3.01. The molecule has 0 fully saturated rings. The Hall–Kier alpha value is -1.23.